The van der Waals surface area contributed by atoms with Crippen LogP contribution in [-0.4, -0.2) is 15.0 Å². The van der Waals surface area contributed by atoms with E-state index in [1.807, 2.05) is 24.3 Å². The average Bonchev–Trinajstić information content (AvgIpc) is 2.39. The van der Waals surface area contributed by atoms with Crippen molar-refractivity contribution >= 4 is 10.8 Å². The molecule has 1 N–H and O–H groups in total. The first kappa shape index (κ1) is 9.72. The number of nitrogens with zero attached hydrogens (tertiary/aromatic N) is 2. The SMILES string of the molecule is O=c1[nH]ccnc1-c1cncc2ccccc12. The summed E-state index contributed by atoms with van der Waals surface area (Å²) >= 11 is 0. The van der Waals surface area contributed by atoms with Gasteiger partial charge in [0.05, 0.1) is 0 Å². The summed E-state index contributed by atoms with van der Waals surface area (Å²) in [6.45, 7) is 0. The molecule has 3 rings (SSSR count). The van der Waals surface area contributed by atoms with Crippen LogP contribution in [0.1, 0.15) is 0 Å². The number of hydrogen-bond acceptors (Lipinski definition) is 3. The fourth-order valence-electron chi connectivity index (χ4n) is 1.85. The van der Waals surface area contributed by atoms with E-state index in [4.69, 9.17) is 0 Å². The predicted octanol–water partition coefficient (Wildman–Crippen LogP) is 1.99. The van der Waals surface area contributed by atoms with E-state index in [0.29, 0.717) is 5.69 Å². The molecule has 0 radical (unpaired) electrons. The Morgan fingerprint density at radius 2 is 2.00 bits per heavy atom. The minimum Gasteiger partial charge on any atom is -0.326 e. The highest BCUT2D eigenvalue weighted by Crippen LogP contribution is 2.23. The van der Waals surface area contributed by atoms with Crippen LogP contribution in [0.25, 0.3) is 22.0 Å². The summed E-state index contributed by atoms with van der Waals surface area (Å²) in [6, 6.07) is 7.79. The fraction of sp³-hybridized carbons (Fsp3) is 0. The van der Waals surface area contributed by atoms with E-state index in [9.17, 15) is 4.79 Å². The van der Waals surface area contributed by atoms with Gasteiger partial charge in [0.1, 0.15) is 5.69 Å². The van der Waals surface area contributed by atoms with E-state index >= 15 is 0 Å². The zero-order chi connectivity index (χ0) is 11.7. The maximum atomic E-state index is 11.7. The van der Waals surface area contributed by atoms with Gasteiger partial charge in [-0.1, -0.05) is 24.3 Å². The third-order valence-corrected chi connectivity index (χ3v) is 2.63. The van der Waals surface area contributed by atoms with Gasteiger partial charge in [-0.2, -0.15) is 0 Å². The van der Waals surface area contributed by atoms with Crippen molar-refractivity contribution < 1.29 is 0 Å². The van der Waals surface area contributed by atoms with Crippen molar-refractivity contribution in [2.75, 3.05) is 0 Å². The van der Waals surface area contributed by atoms with Gasteiger partial charge in [0.2, 0.25) is 0 Å². The van der Waals surface area contributed by atoms with Crippen molar-refractivity contribution in [3.05, 3.63) is 59.4 Å². The summed E-state index contributed by atoms with van der Waals surface area (Å²) in [5.74, 6) is 0. The zero-order valence-corrected chi connectivity index (χ0v) is 8.92. The molecule has 82 valence electrons. The lowest BCUT2D eigenvalue weighted by Crippen LogP contribution is -2.09. The third kappa shape index (κ3) is 1.59. The molecule has 4 nitrogen and oxygen atoms in total. The normalized spacial score (nSPS) is 10.6. The molecule has 0 spiro atoms. The van der Waals surface area contributed by atoms with Crippen LogP contribution in [-0.2, 0) is 0 Å². The van der Waals surface area contributed by atoms with Gasteiger partial charge in [0.15, 0.2) is 0 Å². The molecule has 2 heterocycles. The number of pyridine rings is 1. The van der Waals surface area contributed by atoms with Crippen LogP contribution in [0.4, 0.5) is 0 Å². The molecule has 0 aliphatic carbocycles. The summed E-state index contributed by atoms with van der Waals surface area (Å²) in [4.78, 5) is 22.6. The van der Waals surface area contributed by atoms with Crippen LogP contribution in [0.15, 0.2) is 53.8 Å². The number of rotatable bonds is 1. The molecule has 4 heteroatoms. The van der Waals surface area contributed by atoms with Crippen LogP contribution in [0, 0.1) is 0 Å². The van der Waals surface area contributed by atoms with Crippen molar-refractivity contribution in [1.29, 1.82) is 0 Å². The maximum Gasteiger partial charge on any atom is 0.274 e. The lowest BCUT2D eigenvalue weighted by Gasteiger charge is -2.03. The maximum absolute atomic E-state index is 11.7. The Bertz CT molecular complexity index is 728. The first-order chi connectivity index (χ1) is 8.36. The molecule has 0 atom stereocenters. The van der Waals surface area contributed by atoms with Crippen LogP contribution in [0.5, 0.6) is 0 Å². The van der Waals surface area contributed by atoms with Crippen molar-refractivity contribution in [3.8, 4) is 11.3 Å². The molecule has 0 bridgehead atoms. The van der Waals surface area contributed by atoms with Gasteiger partial charge in [-0.25, -0.2) is 4.98 Å². The molecule has 0 fully saturated rings. The molecule has 3 aromatic rings. The van der Waals surface area contributed by atoms with Gasteiger partial charge in [0, 0.05) is 35.7 Å². The van der Waals surface area contributed by atoms with Crippen LogP contribution >= 0.6 is 0 Å². The predicted molar refractivity (Wildman–Crippen MR) is 65.6 cm³/mol. The summed E-state index contributed by atoms with van der Waals surface area (Å²) in [5, 5.41) is 1.97. The van der Waals surface area contributed by atoms with Gasteiger partial charge >= 0.3 is 0 Å². The first-order valence-corrected chi connectivity index (χ1v) is 5.23. The van der Waals surface area contributed by atoms with E-state index in [2.05, 4.69) is 15.0 Å². The standard InChI is InChI=1S/C13H9N3O/c17-13-12(15-5-6-16-13)11-8-14-7-9-3-1-2-4-10(9)11/h1-8H,(H,16,17). The Balaban J connectivity index is 2.39. The molecule has 0 amide bonds. The Labute approximate surface area is 97.0 Å². The van der Waals surface area contributed by atoms with Crippen molar-refractivity contribution in [2.45, 2.75) is 0 Å². The lowest BCUT2D eigenvalue weighted by molar-refractivity contribution is 1.14. The number of aromatic nitrogens is 3. The highest BCUT2D eigenvalue weighted by Gasteiger charge is 2.08. The molecular weight excluding hydrogens is 214 g/mol. The van der Waals surface area contributed by atoms with E-state index in [1.165, 1.54) is 6.20 Å². The van der Waals surface area contributed by atoms with Gasteiger partial charge in [-0.3, -0.25) is 9.78 Å². The van der Waals surface area contributed by atoms with E-state index in [-0.39, 0.29) is 5.56 Å². The molecule has 2 aromatic heterocycles. The number of fused-ring (bicyclic) bond motifs is 1. The molecule has 1 aromatic carbocycles. The van der Waals surface area contributed by atoms with Crippen molar-refractivity contribution in [2.24, 2.45) is 0 Å². The summed E-state index contributed by atoms with van der Waals surface area (Å²) in [6.07, 6.45) is 6.53. The smallest absolute Gasteiger partial charge is 0.274 e. The van der Waals surface area contributed by atoms with Gasteiger partial charge < -0.3 is 4.98 Å². The molecule has 17 heavy (non-hydrogen) atoms. The number of nitrogens with one attached hydrogen (secondary N) is 1. The topological polar surface area (TPSA) is 58.6 Å². The fourth-order valence-corrected chi connectivity index (χ4v) is 1.85. The van der Waals surface area contributed by atoms with E-state index < -0.39 is 0 Å². The largest absolute Gasteiger partial charge is 0.326 e. The highest BCUT2D eigenvalue weighted by atomic mass is 16.1. The Hall–Kier alpha value is -2.49. The monoisotopic (exact) mass is 223 g/mol. The highest BCUT2D eigenvalue weighted by molar-refractivity contribution is 5.94. The van der Waals surface area contributed by atoms with Crippen LogP contribution in [0.2, 0.25) is 0 Å². The second kappa shape index (κ2) is 3.83. The van der Waals surface area contributed by atoms with Gasteiger partial charge in [-0.15, -0.1) is 0 Å². The Morgan fingerprint density at radius 3 is 2.88 bits per heavy atom. The molecule has 0 unspecified atom stereocenters. The molecule has 0 saturated heterocycles. The van der Waals surface area contributed by atoms with Gasteiger partial charge in [-0.05, 0) is 5.39 Å². The molecule has 0 aliphatic rings. The number of H-pyrrole nitrogens is 1. The second-order valence-corrected chi connectivity index (χ2v) is 3.68. The Morgan fingerprint density at radius 1 is 1.12 bits per heavy atom. The summed E-state index contributed by atoms with van der Waals surface area (Å²) in [7, 11) is 0. The number of hydrogen-bond donors (Lipinski definition) is 1. The van der Waals surface area contributed by atoms with Crippen LogP contribution in [0.3, 0.4) is 0 Å². The second-order valence-electron chi connectivity index (χ2n) is 3.68. The molecule has 0 saturated carbocycles. The Kier molecular flexibility index (Phi) is 2.19. The number of aromatic amines is 1. The average molecular weight is 223 g/mol. The van der Waals surface area contributed by atoms with Crippen molar-refractivity contribution in [1.82, 2.24) is 15.0 Å². The zero-order valence-electron chi connectivity index (χ0n) is 8.92. The van der Waals surface area contributed by atoms with Crippen molar-refractivity contribution in [3.63, 3.8) is 0 Å². The van der Waals surface area contributed by atoms with Gasteiger partial charge in [0.25, 0.3) is 5.56 Å². The molecule has 0 aliphatic heterocycles. The minimum atomic E-state index is -0.203. The quantitative estimate of drug-likeness (QED) is 0.686. The first-order valence-electron chi connectivity index (χ1n) is 5.23. The molecular formula is C13H9N3O. The van der Waals surface area contributed by atoms with Crippen LogP contribution < -0.4 is 5.56 Å². The lowest BCUT2D eigenvalue weighted by atomic mass is 10.1. The number of benzene rings is 1. The summed E-state index contributed by atoms with van der Waals surface area (Å²) < 4.78 is 0. The summed E-state index contributed by atoms with van der Waals surface area (Å²) in [5.41, 5.74) is 0.951. The van der Waals surface area contributed by atoms with E-state index in [0.717, 1.165) is 16.3 Å². The minimum absolute atomic E-state index is 0.203. The van der Waals surface area contributed by atoms with E-state index in [1.54, 1.807) is 18.6 Å². The third-order valence-electron chi connectivity index (χ3n) is 2.63.